The summed E-state index contributed by atoms with van der Waals surface area (Å²) in [6, 6.07) is 8.96. The van der Waals surface area contributed by atoms with Crippen LogP contribution in [0.25, 0.3) is 0 Å². The van der Waals surface area contributed by atoms with Gasteiger partial charge in [0.25, 0.3) is 0 Å². The second-order valence-corrected chi connectivity index (χ2v) is 11.0. The predicted molar refractivity (Wildman–Crippen MR) is 137 cm³/mol. The molecule has 0 bridgehead atoms. The molecule has 1 unspecified atom stereocenters. The number of nitrogens with zero attached hydrogens (tertiary/aromatic N) is 1. The SMILES string of the molecule is O=C(NCCc1ccc(Cl)cc1Cl)C1CSC2(CCN(C(=O)Nc3ccc(C(F)(F)F)cc3)CC2)N1. The highest BCUT2D eigenvalue weighted by Gasteiger charge is 2.44. The third-order valence-corrected chi connectivity index (χ3v) is 8.48. The first-order valence-electron chi connectivity index (χ1n) is 11.4. The Kier molecular flexibility index (Phi) is 8.28. The number of halogens is 5. The van der Waals surface area contributed by atoms with Crippen molar-refractivity contribution in [3.63, 3.8) is 0 Å². The normalized spacial score (nSPS) is 19.4. The Morgan fingerprint density at radius 2 is 1.81 bits per heavy atom. The van der Waals surface area contributed by atoms with Gasteiger partial charge < -0.3 is 15.5 Å². The van der Waals surface area contributed by atoms with Gasteiger partial charge in [-0.3, -0.25) is 10.1 Å². The van der Waals surface area contributed by atoms with Gasteiger partial charge in [0, 0.05) is 41.1 Å². The number of anilines is 1. The highest BCUT2D eigenvalue weighted by atomic mass is 35.5. The molecule has 0 aliphatic carbocycles. The minimum absolute atomic E-state index is 0.0769. The number of hydrogen-bond acceptors (Lipinski definition) is 4. The number of thioether (sulfide) groups is 1. The van der Waals surface area contributed by atoms with Crippen molar-refractivity contribution in [2.45, 2.75) is 36.4 Å². The summed E-state index contributed by atoms with van der Waals surface area (Å²) in [5.41, 5.74) is 0.448. The Balaban J connectivity index is 1.21. The summed E-state index contributed by atoms with van der Waals surface area (Å²) in [5, 5.41) is 10.2. The number of carbonyl (C=O) groups is 2. The second-order valence-electron chi connectivity index (χ2n) is 8.77. The van der Waals surface area contributed by atoms with E-state index in [9.17, 15) is 22.8 Å². The van der Waals surface area contributed by atoms with E-state index in [1.165, 1.54) is 12.1 Å². The third kappa shape index (κ3) is 6.59. The zero-order chi connectivity index (χ0) is 25.9. The predicted octanol–water partition coefficient (Wildman–Crippen LogP) is 5.40. The molecule has 1 spiro atoms. The van der Waals surface area contributed by atoms with Crippen molar-refractivity contribution >= 4 is 52.6 Å². The summed E-state index contributed by atoms with van der Waals surface area (Å²) in [6.45, 7) is 1.39. The van der Waals surface area contributed by atoms with E-state index in [1.807, 2.05) is 6.07 Å². The van der Waals surface area contributed by atoms with Gasteiger partial charge in [-0.25, -0.2) is 4.79 Å². The Bertz CT molecular complexity index is 1110. The van der Waals surface area contributed by atoms with Gasteiger partial charge >= 0.3 is 12.2 Å². The quantitative estimate of drug-likeness (QED) is 0.457. The summed E-state index contributed by atoms with van der Waals surface area (Å²) >= 11 is 13.8. The molecular formula is C24H25Cl2F3N4O2S. The maximum atomic E-state index is 12.7. The van der Waals surface area contributed by atoms with Crippen LogP contribution in [0.4, 0.5) is 23.7 Å². The minimum atomic E-state index is -4.42. The first-order chi connectivity index (χ1) is 17.0. The molecule has 1 atom stereocenters. The highest BCUT2D eigenvalue weighted by Crippen LogP contribution is 2.39. The number of urea groups is 1. The number of alkyl halides is 3. The largest absolute Gasteiger partial charge is 0.416 e. The van der Waals surface area contributed by atoms with E-state index in [0.29, 0.717) is 60.4 Å². The maximum Gasteiger partial charge on any atom is 0.416 e. The van der Waals surface area contributed by atoms with Crippen molar-refractivity contribution in [3.8, 4) is 0 Å². The molecule has 2 fully saturated rings. The van der Waals surface area contributed by atoms with E-state index in [0.717, 1.165) is 17.7 Å². The van der Waals surface area contributed by atoms with Crippen LogP contribution in [-0.2, 0) is 17.4 Å². The molecule has 36 heavy (non-hydrogen) atoms. The van der Waals surface area contributed by atoms with Crippen LogP contribution in [0.3, 0.4) is 0 Å². The van der Waals surface area contributed by atoms with Crippen LogP contribution >= 0.6 is 35.0 Å². The second kappa shape index (κ2) is 11.1. The molecule has 12 heteroatoms. The summed E-state index contributed by atoms with van der Waals surface area (Å²) in [5.74, 6) is 0.553. The number of nitrogens with one attached hydrogen (secondary N) is 3. The topological polar surface area (TPSA) is 73.5 Å². The van der Waals surface area contributed by atoms with Crippen LogP contribution in [0.2, 0.25) is 10.0 Å². The van der Waals surface area contributed by atoms with Crippen molar-refractivity contribution in [2.24, 2.45) is 0 Å². The average Bonchev–Trinajstić information content (AvgIpc) is 3.24. The van der Waals surface area contributed by atoms with E-state index >= 15 is 0 Å². The monoisotopic (exact) mass is 560 g/mol. The van der Waals surface area contributed by atoms with Gasteiger partial charge in [-0.15, -0.1) is 11.8 Å². The van der Waals surface area contributed by atoms with Crippen molar-refractivity contribution in [1.82, 2.24) is 15.5 Å². The zero-order valence-electron chi connectivity index (χ0n) is 19.1. The third-order valence-electron chi connectivity index (χ3n) is 6.31. The van der Waals surface area contributed by atoms with Crippen LogP contribution < -0.4 is 16.0 Å². The number of likely N-dealkylation sites (tertiary alicyclic amines) is 1. The van der Waals surface area contributed by atoms with E-state index in [4.69, 9.17) is 23.2 Å². The first-order valence-corrected chi connectivity index (χ1v) is 13.2. The molecule has 3 N–H and O–H groups in total. The number of benzene rings is 2. The van der Waals surface area contributed by atoms with E-state index in [2.05, 4.69) is 16.0 Å². The molecule has 2 aliphatic heterocycles. The van der Waals surface area contributed by atoms with Crippen LogP contribution in [-0.4, -0.2) is 53.1 Å². The first kappa shape index (κ1) is 26.9. The van der Waals surface area contributed by atoms with Crippen molar-refractivity contribution in [1.29, 1.82) is 0 Å². The van der Waals surface area contributed by atoms with Crippen LogP contribution in [0, 0.1) is 0 Å². The van der Waals surface area contributed by atoms with Gasteiger partial charge in [0.05, 0.1) is 16.5 Å². The lowest BCUT2D eigenvalue weighted by Gasteiger charge is -2.39. The fraction of sp³-hybridized carbons (Fsp3) is 0.417. The molecule has 2 aliphatic rings. The molecule has 6 nitrogen and oxygen atoms in total. The molecule has 2 aromatic rings. The number of piperidine rings is 1. The van der Waals surface area contributed by atoms with Gasteiger partial charge in [-0.1, -0.05) is 29.3 Å². The summed E-state index contributed by atoms with van der Waals surface area (Å²) in [7, 11) is 0. The van der Waals surface area contributed by atoms with E-state index < -0.39 is 11.7 Å². The average molecular weight is 561 g/mol. The summed E-state index contributed by atoms with van der Waals surface area (Å²) < 4.78 is 38.1. The number of amides is 3. The lowest BCUT2D eigenvalue weighted by molar-refractivity contribution is -0.137. The summed E-state index contributed by atoms with van der Waals surface area (Å²) in [4.78, 5) is 26.6. The Hall–Kier alpha value is -2.14. The number of hydrogen-bond donors (Lipinski definition) is 3. The standard InChI is InChI=1S/C24H25Cl2F3N4O2S/c25-17-4-1-15(19(26)13-17)7-10-30-21(34)20-14-36-23(32-20)8-11-33(12-9-23)22(35)31-18-5-2-16(3-6-18)24(27,28)29/h1-6,13,20,32H,7-12,14H2,(H,30,34)(H,31,35). The molecule has 4 rings (SSSR count). The molecule has 0 saturated carbocycles. The fourth-order valence-electron chi connectivity index (χ4n) is 4.26. The van der Waals surface area contributed by atoms with Gasteiger partial charge in [0.1, 0.15) is 0 Å². The molecule has 2 heterocycles. The minimum Gasteiger partial charge on any atom is -0.354 e. The van der Waals surface area contributed by atoms with Gasteiger partial charge in [-0.2, -0.15) is 13.2 Å². The molecule has 2 saturated heterocycles. The van der Waals surface area contributed by atoms with E-state index in [1.54, 1.807) is 28.8 Å². The molecule has 0 aromatic heterocycles. The molecule has 194 valence electrons. The lowest BCUT2D eigenvalue weighted by atomic mass is 10.0. The van der Waals surface area contributed by atoms with E-state index in [-0.39, 0.29) is 22.9 Å². The molecular weight excluding hydrogens is 536 g/mol. The van der Waals surface area contributed by atoms with Gasteiger partial charge in [-0.05, 0) is 61.2 Å². The number of carbonyl (C=O) groups excluding carboxylic acids is 2. The maximum absolute atomic E-state index is 12.7. The zero-order valence-corrected chi connectivity index (χ0v) is 21.5. The fourth-order valence-corrected chi connectivity index (χ4v) is 6.18. The van der Waals surface area contributed by atoms with Crippen molar-refractivity contribution < 1.29 is 22.8 Å². The molecule has 0 radical (unpaired) electrons. The Morgan fingerprint density at radius 1 is 1.11 bits per heavy atom. The smallest absolute Gasteiger partial charge is 0.354 e. The number of rotatable bonds is 5. The van der Waals surface area contributed by atoms with Crippen molar-refractivity contribution in [3.05, 3.63) is 63.6 Å². The van der Waals surface area contributed by atoms with Crippen molar-refractivity contribution in [2.75, 3.05) is 30.7 Å². The molecule has 3 amide bonds. The van der Waals surface area contributed by atoms with Crippen LogP contribution in [0.5, 0.6) is 0 Å². The Labute approximate surface area is 221 Å². The summed E-state index contributed by atoms with van der Waals surface area (Å²) in [6.07, 6.45) is -2.52. The van der Waals surface area contributed by atoms with Crippen LogP contribution in [0.1, 0.15) is 24.0 Å². The van der Waals surface area contributed by atoms with Gasteiger partial charge in [0.2, 0.25) is 5.91 Å². The van der Waals surface area contributed by atoms with Gasteiger partial charge in [0.15, 0.2) is 0 Å². The lowest BCUT2D eigenvalue weighted by Crippen LogP contribution is -2.55. The Morgan fingerprint density at radius 3 is 2.44 bits per heavy atom. The van der Waals surface area contributed by atoms with Crippen LogP contribution in [0.15, 0.2) is 42.5 Å². The molecule has 2 aromatic carbocycles. The highest BCUT2D eigenvalue weighted by molar-refractivity contribution is 8.01.